The van der Waals surface area contributed by atoms with Crippen LogP contribution in [0.4, 0.5) is 0 Å². The van der Waals surface area contributed by atoms with E-state index in [1.165, 1.54) is 0 Å². The topological polar surface area (TPSA) is 34.6 Å². The van der Waals surface area contributed by atoms with E-state index in [0.29, 0.717) is 15.8 Å². The quantitative estimate of drug-likeness (QED) is 0.232. The van der Waals surface area contributed by atoms with E-state index in [1.807, 2.05) is 65.1 Å². The van der Waals surface area contributed by atoms with Crippen molar-refractivity contribution in [2.24, 2.45) is 0 Å². The second-order valence-corrected chi connectivity index (χ2v) is 8.47. The summed E-state index contributed by atoms with van der Waals surface area (Å²) in [5.41, 5.74) is 2.62. The number of halogens is 2. The van der Waals surface area contributed by atoms with Crippen LogP contribution in [0.2, 0.25) is 0 Å². The summed E-state index contributed by atoms with van der Waals surface area (Å²) in [5, 5.41) is 4.60. The lowest BCUT2D eigenvalue weighted by molar-refractivity contribution is 0.560. The highest BCUT2D eigenvalue weighted by molar-refractivity contribution is 9.10. The van der Waals surface area contributed by atoms with E-state index >= 15 is 0 Å². The molecule has 134 valence electrons. The molecule has 0 unspecified atom stereocenters. The molecular formula is C23H11Br2NO2. The third kappa shape index (κ3) is 2.01. The van der Waals surface area contributed by atoms with Crippen LogP contribution >= 0.6 is 31.9 Å². The van der Waals surface area contributed by atoms with Crippen molar-refractivity contribution in [1.29, 1.82) is 0 Å². The van der Waals surface area contributed by atoms with Gasteiger partial charge in [-0.05, 0) is 39.5 Å². The van der Waals surface area contributed by atoms with Gasteiger partial charge in [0, 0.05) is 26.2 Å². The van der Waals surface area contributed by atoms with E-state index in [1.54, 1.807) is 0 Å². The van der Waals surface area contributed by atoms with Crippen LogP contribution in [0.5, 0.6) is 0 Å². The first-order chi connectivity index (χ1) is 13.6. The minimum Gasteiger partial charge on any atom is -0.446 e. The summed E-state index contributed by atoms with van der Waals surface area (Å²) in [6, 6.07) is 21.8. The van der Waals surface area contributed by atoms with Crippen molar-refractivity contribution < 1.29 is 4.42 Å². The lowest BCUT2D eigenvalue weighted by Crippen LogP contribution is -2.13. The molecule has 5 heteroatoms. The summed E-state index contributed by atoms with van der Waals surface area (Å²) in [6.07, 6.45) is 0. The van der Waals surface area contributed by atoms with Crippen LogP contribution in [0.15, 0.2) is 85.1 Å². The Labute approximate surface area is 175 Å². The standard InChI is InChI=1S/C23H11Br2NO2/c24-13-10-16-14-8-4-5-9-15(14)23(27)26-19(16)17(11-13)18-20(26)21(28-22(18)25)12-6-2-1-3-7-12/h1-11H. The predicted octanol–water partition coefficient (Wildman–Crippen LogP) is 6.98. The molecule has 0 bridgehead atoms. The fraction of sp³-hybridized carbons (Fsp3) is 0. The smallest absolute Gasteiger partial charge is 0.263 e. The van der Waals surface area contributed by atoms with Crippen molar-refractivity contribution in [3.8, 4) is 11.3 Å². The van der Waals surface area contributed by atoms with Crippen molar-refractivity contribution in [3.63, 3.8) is 0 Å². The lowest BCUT2D eigenvalue weighted by Gasteiger charge is -2.07. The molecule has 0 aliphatic heterocycles. The highest BCUT2D eigenvalue weighted by Gasteiger charge is 2.25. The molecule has 0 aliphatic carbocycles. The largest absolute Gasteiger partial charge is 0.446 e. The van der Waals surface area contributed by atoms with Crippen LogP contribution in [0.25, 0.3) is 49.3 Å². The zero-order chi connectivity index (χ0) is 19.0. The molecule has 3 heterocycles. The van der Waals surface area contributed by atoms with Gasteiger partial charge < -0.3 is 4.42 Å². The van der Waals surface area contributed by atoms with Crippen LogP contribution in [-0.4, -0.2) is 4.40 Å². The average Bonchev–Trinajstić information content (AvgIpc) is 3.23. The van der Waals surface area contributed by atoms with E-state index < -0.39 is 0 Å². The molecule has 0 N–H and O–H groups in total. The lowest BCUT2D eigenvalue weighted by atomic mass is 10.0. The number of rotatable bonds is 1. The summed E-state index contributed by atoms with van der Waals surface area (Å²) in [6.45, 7) is 0. The molecule has 0 atom stereocenters. The first-order valence-corrected chi connectivity index (χ1v) is 10.4. The van der Waals surface area contributed by atoms with Gasteiger partial charge in [0.25, 0.3) is 5.56 Å². The molecule has 0 fully saturated rings. The summed E-state index contributed by atoms with van der Waals surface area (Å²) in [4.78, 5) is 13.5. The molecule has 0 amide bonds. The Morgan fingerprint density at radius 1 is 0.750 bits per heavy atom. The van der Waals surface area contributed by atoms with Gasteiger partial charge in [-0.2, -0.15) is 0 Å². The number of aromatic nitrogens is 1. The fourth-order valence-electron chi connectivity index (χ4n) is 4.20. The Kier molecular flexibility index (Phi) is 3.32. The first kappa shape index (κ1) is 16.3. The maximum atomic E-state index is 13.5. The molecule has 3 nitrogen and oxygen atoms in total. The number of fused-ring (bicyclic) bond motifs is 5. The van der Waals surface area contributed by atoms with E-state index in [0.717, 1.165) is 42.6 Å². The number of pyridine rings is 1. The third-order valence-electron chi connectivity index (χ3n) is 5.32. The highest BCUT2D eigenvalue weighted by Crippen LogP contribution is 2.44. The Bertz CT molecular complexity index is 1600. The molecule has 0 saturated heterocycles. The van der Waals surface area contributed by atoms with E-state index in [-0.39, 0.29) is 5.56 Å². The monoisotopic (exact) mass is 491 g/mol. The predicted molar refractivity (Wildman–Crippen MR) is 120 cm³/mol. The Balaban J connectivity index is 1.99. The van der Waals surface area contributed by atoms with Gasteiger partial charge in [-0.25, -0.2) is 0 Å². The summed E-state index contributed by atoms with van der Waals surface area (Å²) < 4.78 is 9.52. The molecule has 0 spiro atoms. The molecule has 6 aromatic rings. The van der Waals surface area contributed by atoms with Crippen LogP contribution in [0.1, 0.15) is 0 Å². The van der Waals surface area contributed by atoms with E-state index in [9.17, 15) is 4.79 Å². The van der Waals surface area contributed by atoms with Crippen LogP contribution in [0.3, 0.4) is 0 Å². The van der Waals surface area contributed by atoms with Gasteiger partial charge in [-0.3, -0.25) is 9.20 Å². The zero-order valence-corrected chi connectivity index (χ0v) is 17.5. The number of benzene rings is 3. The van der Waals surface area contributed by atoms with Gasteiger partial charge >= 0.3 is 0 Å². The van der Waals surface area contributed by atoms with E-state index in [2.05, 4.69) is 37.9 Å². The molecule has 3 aromatic heterocycles. The van der Waals surface area contributed by atoms with Gasteiger partial charge in [0.1, 0.15) is 5.52 Å². The first-order valence-electron chi connectivity index (χ1n) is 8.80. The maximum absolute atomic E-state index is 13.5. The third-order valence-corrected chi connectivity index (χ3v) is 6.33. The fourth-order valence-corrected chi connectivity index (χ4v) is 5.22. The molecule has 0 saturated carbocycles. The van der Waals surface area contributed by atoms with Gasteiger partial charge in [-0.1, -0.05) is 64.5 Å². The SMILES string of the molecule is O=c1c2ccccc2c2cc(Br)cc3c4c(Br)oc(-c5ccccc5)c4n1c23. The second kappa shape index (κ2) is 5.69. The van der Waals surface area contributed by atoms with Crippen molar-refractivity contribution in [2.45, 2.75) is 0 Å². The average molecular weight is 493 g/mol. The Morgan fingerprint density at radius 2 is 1.43 bits per heavy atom. The van der Waals surface area contributed by atoms with Crippen molar-refractivity contribution >= 4 is 69.8 Å². The number of hydrogen-bond donors (Lipinski definition) is 0. The van der Waals surface area contributed by atoms with Gasteiger partial charge in [0.05, 0.1) is 10.9 Å². The second-order valence-electron chi connectivity index (χ2n) is 6.83. The van der Waals surface area contributed by atoms with E-state index in [4.69, 9.17) is 4.42 Å². The molecule has 0 radical (unpaired) electrons. The normalized spacial score (nSPS) is 12.1. The maximum Gasteiger partial charge on any atom is 0.263 e. The Morgan fingerprint density at radius 3 is 2.21 bits per heavy atom. The highest BCUT2D eigenvalue weighted by atomic mass is 79.9. The molecule has 6 rings (SSSR count). The number of furan rings is 1. The minimum absolute atomic E-state index is 0.0316. The molecular weight excluding hydrogens is 482 g/mol. The van der Waals surface area contributed by atoms with Crippen LogP contribution in [-0.2, 0) is 0 Å². The summed E-state index contributed by atoms with van der Waals surface area (Å²) in [7, 11) is 0. The summed E-state index contributed by atoms with van der Waals surface area (Å²) in [5.74, 6) is 0.688. The Hall–Kier alpha value is -2.63. The molecule has 28 heavy (non-hydrogen) atoms. The minimum atomic E-state index is -0.0316. The van der Waals surface area contributed by atoms with Crippen molar-refractivity contribution in [3.05, 3.63) is 86.2 Å². The molecule has 0 aliphatic rings. The number of hydrogen-bond acceptors (Lipinski definition) is 2. The number of nitrogens with zero attached hydrogens (tertiary/aromatic N) is 1. The van der Waals surface area contributed by atoms with Crippen LogP contribution < -0.4 is 5.56 Å². The zero-order valence-electron chi connectivity index (χ0n) is 14.4. The van der Waals surface area contributed by atoms with Crippen molar-refractivity contribution in [2.75, 3.05) is 0 Å². The van der Waals surface area contributed by atoms with Crippen LogP contribution in [0, 0.1) is 0 Å². The van der Waals surface area contributed by atoms with Gasteiger partial charge in [0.15, 0.2) is 10.4 Å². The molecule has 3 aromatic carbocycles. The van der Waals surface area contributed by atoms with Crippen molar-refractivity contribution in [1.82, 2.24) is 4.40 Å². The van der Waals surface area contributed by atoms with Gasteiger partial charge in [-0.15, -0.1) is 0 Å². The summed E-state index contributed by atoms with van der Waals surface area (Å²) >= 11 is 7.24. The van der Waals surface area contributed by atoms with Gasteiger partial charge in [0.2, 0.25) is 0 Å².